The Labute approximate surface area is 122 Å². The highest BCUT2D eigenvalue weighted by Gasteiger charge is 2.42. The van der Waals surface area contributed by atoms with Gasteiger partial charge in [-0.25, -0.2) is 0 Å². The molecule has 0 amide bonds. The Morgan fingerprint density at radius 1 is 1.25 bits per heavy atom. The maximum absolute atomic E-state index is 6.28. The van der Waals surface area contributed by atoms with Crippen LogP contribution in [0.3, 0.4) is 0 Å². The highest BCUT2D eigenvalue weighted by Crippen LogP contribution is 2.50. The lowest BCUT2D eigenvalue weighted by Gasteiger charge is -2.29. The minimum absolute atomic E-state index is 0.370. The van der Waals surface area contributed by atoms with Crippen molar-refractivity contribution in [3.63, 3.8) is 0 Å². The van der Waals surface area contributed by atoms with E-state index >= 15 is 0 Å². The highest BCUT2D eigenvalue weighted by atomic mass is 15.3. The van der Waals surface area contributed by atoms with Gasteiger partial charge in [0.15, 0.2) is 0 Å². The zero-order chi connectivity index (χ0) is 14.4. The summed E-state index contributed by atoms with van der Waals surface area (Å²) in [6, 6.07) is 0.489. The normalized spacial score (nSPS) is 30.1. The molecular weight excluding hydrogens is 248 g/mol. The molecule has 1 aromatic rings. The lowest BCUT2D eigenvalue weighted by molar-refractivity contribution is 0.303. The van der Waals surface area contributed by atoms with Crippen molar-refractivity contribution in [3.8, 4) is 0 Å². The number of fused-ring (bicyclic) bond motifs is 2. The van der Waals surface area contributed by atoms with E-state index in [1.54, 1.807) is 0 Å². The Hall–Kier alpha value is -1.19. The number of rotatable bonds is 4. The number of nitrogens with one attached hydrogen (secondary N) is 1. The molecule has 2 aliphatic carbocycles. The second kappa shape index (κ2) is 4.97. The standard InChI is InChI=1S/C16H28N4/c1-9(2)15-14(17)16(20(4)19-15)18-10(3)13-8-11-5-6-12(13)7-11/h9-13,18H,5-8,17H2,1-4H3. The van der Waals surface area contributed by atoms with Gasteiger partial charge in [0.25, 0.3) is 0 Å². The zero-order valence-corrected chi connectivity index (χ0v) is 13.2. The third-order valence-corrected chi connectivity index (χ3v) is 5.46. The lowest BCUT2D eigenvalue weighted by atomic mass is 9.84. The summed E-state index contributed by atoms with van der Waals surface area (Å²) >= 11 is 0. The first-order chi connectivity index (χ1) is 9.47. The van der Waals surface area contributed by atoms with E-state index in [2.05, 4.69) is 31.2 Å². The molecule has 0 aliphatic heterocycles. The predicted molar refractivity (Wildman–Crippen MR) is 83.7 cm³/mol. The summed E-state index contributed by atoms with van der Waals surface area (Å²) in [7, 11) is 1.98. The SMILES string of the molecule is CC(C)c1nn(C)c(NC(C)C2CC3CCC2C3)c1N. The van der Waals surface area contributed by atoms with Gasteiger partial charge in [-0.2, -0.15) is 5.10 Å². The second-order valence-electron chi connectivity index (χ2n) is 7.20. The van der Waals surface area contributed by atoms with Crippen LogP contribution in [-0.4, -0.2) is 15.8 Å². The molecule has 1 aromatic heterocycles. The van der Waals surface area contributed by atoms with Crippen molar-refractivity contribution in [2.75, 3.05) is 11.1 Å². The summed E-state index contributed by atoms with van der Waals surface area (Å²) in [5, 5.41) is 8.22. The molecule has 4 unspecified atom stereocenters. The number of hydrogen-bond donors (Lipinski definition) is 2. The van der Waals surface area contributed by atoms with Crippen LogP contribution in [0.1, 0.15) is 58.1 Å². The van der Waals surface area contributed by atoms with Crippen LogP contribution in [0.25, 0.3) is 0 Å². The number of nitrogens with two attached hydrogens (primary N) is 1. The average molecular weight is 276 g/mol. The third-order valence-electron chi connectivity index (χ3n) is 5.46. The molecule has 2 fully saturated rings. The fourth-order valence-corrected chi connectivity index (χ4v) is 4.39. The number of nitrogen functional groups attached to an aromatic ring is 1. The quantitative estimate of drug-likeness (QED) is 0.886. The first kappa shape index (κ1) is 13.8. The van der Waals surface area contributed by atoms with Crippen LogP contribution in [0.5, 0.6) is 0 Å². The Morgan fingerprint density at radius 2 is 2.00 bits per heavy atom. The summed E-state index contributed by atoms with van der Waals surface area (Å²) in [5.74, 6) is 4.11. The molecule has 112 valence electrons. The number of aromatic nitrogens is 2. The van der Waals surface area contributed by atoms with E-state index in [1.165, 1.54) is 25.7 Å². The van der Waals surface area contributed by atoms with Crippen LogP contribution in [0.2, 0.25) is 0 Å². The number of anilines is 2. The van der Waals surface area contributed by atoms with Crippen molar-refractivity contribution in [2.24, 2.45) is 24.8 Å². The van der Waals surface area contributed by atoms with Gasteiger partial charge in [-0.3, -0.25) is 4.68 Å². The summed E-state index contributed by atoms with van der Waals surface area (Å²) in [4.78, 5) is 0. The summed E-state index contributed by atoms with van der Waals surface area (Å²) < 4.78 is 1.91. The molecule has 4 nitrogen and oxygen atoms in total. The van der Waals surface area contributed by atoms with Gasteiger partial charge in [0, 0.05) is 13.1 Å². The molecule has 2 bridgehead atoms. The summed E-state index contributed by atoms with van der Waals surface area (Å²) in [6.45, 7) is 6.59. The predicted octanol–water partition coefficient (Wildman–Crippen LogP) is 3.36. The van der Waals surface area contributed by atoms with E-state index in [9.17, 15) is 0 Å². The Balaban J connectivity index is 1.74. The second-order valence-corrected chi connectivity index (χ2v) is 7.20. The van der Waals surface area contributed by atoms with Crippen LogP contribution < -0.4 is 11.1 Å². The zero-order valence-electron chi connectivity index (χ0n) is 13.2. The molecular formula is C16H28N4. The largest absolute Gasteiger partial charge is 0.394 e. The molecule has 3 rings (SSSR count). The van der Waals surface area contributed by atoms with Gasteiger partial charge in [0.2, 0.25) is 0 Å². The van der Waals surface area contributed by atoms with Crippen LogP contribution in [0, 0.1) is 17.8 Å². The van der Waals surface area contributed by atoms with Gasteiger partial charge in [-0.05, 0) is 49.9 Å². The molecule has 4 heteroatoms. The van der Waals surface area contributed by atoms with E-state index in [4.69, 9.17) is 5.73 Å². The average Bonchev–Trinajstić information content (AvgIpc) is 3.08. The van der Waals surface area contributed by atoms with Crippen LogP contribution >= 0.6 is 0 Å². The number of nitrogens with zero attached hydrogens (tertiary/aromatic N) is 2. The van der Waals surface area contributed by atoms with Crippen molar-refractivity contribution in [1.82, 2.24) is 9.78 Å². The molecule has 4 atom stereocenters. The molecule has 0 spiro atoms. The molecule has 1 heterocycles. The lowest BCUT2D eigenvalue weighted by Crippen LogP contribution is -2.31. The minimum Gasteiger partial charge on any atom is -0.394 e. The number of aryl methyl sites for hydroxylation is 1. The van der Waals surface area contributed by atoms with Gasteiger partial charge >= 0.3 is 0 Å². The van der Waals surface area contributed by atoms with E-state index in [0.717, 1.165) is 35.0 Å². The summed E-state index contributed by atoms with van der Waals surface area (Å²) in [5.41, 5.74) is 8.12. The monoisotopic (exact) mass is 276 g/mol. The number of hydrogen-bond acceptors (Lipinski definition) is 3. The van der Waals surface area contributed by atoms with Crippen molar-refractivity contribution < 1.29 is 0 Å². The summed E-state index contributed by atoms with van der Waals surface area (Å²) in [6.07, 6.45) is 5.74. The Kier molecular flexibility index (Phi) is 3.43. The Morgan fingerprint density at radius 3 is 2.50 bits per heavy atom. The van der Waals surface area contributed by atoms with Crippen LogP contribution in [0.4, 0.5) is 11.5 Å². The van der Waals surface area contributed by atoms with Crippen molar-refractivity contribution >= 4 is 11.5 Å². The van der Waals surface area contributed by atoms with E-state index in [-0.39, 0.29) is 0 Å². The van der Waals surface area contributed by atoms with Crippen LogP contribution in [0.15, 0.2) is 0 Å². The van der Waals surface area contributed by atoms with E-state index in [0.29, 0.717) is 12.0 Å². The van der Waals surface area contributed by atoms with E-state index < -0.39 is 0 Å². The molecule has 2 aliphatic rings. The van der Waals surface area contributed by atoms with Gasteiger partial charge in [-0.1, -0.05) is 20.3 Å². The van der Waals surface area contributed by atoms with Gasteiger partial charge in [0.05, 0.1) is 11.4 Å². The molecule has 0 aromatic carbocycles. The third kappa shape index (κ3) is 2.19. The molecule has 3 N–H and O–H groups in total. The highest BCUT2D eigenvalue weighted by molar-refractivity contribution is 5.66. The smallest absolute Gasteiger partial charge is 0.148 e. The van der Waals surface area contributed by atoms with Gasteiger partial charge < -0.3 is 11.1 Å². The van der Waals surface area contributed by atoms with Crippen LogP contribution in [-0.2, 0) is 7.05 Å². The van der Waals surface area contributed by atoms with E-state index in [1.807, 2.05) is 11.7 Å². The topological polar surface area (TPSA) is 55.9 Å². The first-order valence-corrected chi connectivity index (χ1v) is 8.06. The van der Waals surface area contributed by atoms with Crippen molar-refractivity contribution in [1.29, 1.82) is 0 Å². The molecule has 0 saturated heterocycles. The van der Waals surface area contributed by atoms with Gasteiger partial charge in [-0.15, -0.1) is 0 Å². The Bertz CT molecular complexity index is 491. The minimum atomic E-state index is 0.370. The molecule has 0 radical (unpaired) electrons. The maximum atomic E-state index is 6.28. The molecule has 20 heavy (non-hydrogen) atoms. The van der Waals surface area contributed by atoms with Crippen molar-refractivity contribution in [3.05, 3.63) is 5.69 Å². The van der Waals surface area contributed by atoms with Crippen molar-refractivity contribution in [2.45, 2.75) is 58.4 Å². The fourth-order valence-electron chi connectivity index (χ4n) is 4.39. The fraction of sp³-hybridized carbons (Fsp3) is 0.812. The van der Waals surface area contributed by atoms with Gasteiger partial charge in [0.1, 0.15) is 5.82 Å². The maximum Gasteiger partial charge on any atom is 0.148 e. The first-order valence-electron chi connectivity index (χ1n) is 8.06. The molecule has 2 saturated carbocycles.